The number of hydrogen-bond acceptors (Lipinski definition) is 17. The van der Waals surface area contributed by atoms with Crippen LogP contribution in [0.15, 0.2) is 334 Å². The molecule has 636 valence electrons. The fourth-order valence-corrected chi connectivity index (χ4v) is 15.1. The number of aliphatic hydroxyl groups excluding tert-OH is 5. The number of aliphatic hydroxyl groups is 5. The molecule has 0 aliphatic carbocycles. The van der Waals surface area contributed by atoms with Crippen molar-refractivity contribution in [3.8, 4) is 0 Å². The minimum Gasteiger partial charge on any atom is -0.386 e. The minimum absolute atomic E-state index is 0.0834. The van der Waals surface area contributed by atoms with Gasteiger partial charge in [0.25, 0.3) is 17.7 Å². The molecule has 21 heteroatoms. The standard InChI is InChI=1S/3C18H19NO3.2C18H21NO2.C11H13NO2/c3*20-16(15-9-5-2-6-10-15)17-18(21)19(11-12-22-17)13-14-7-3-1-4-8-14;2*20-18(16-9-5-2-6-10-16)17-14-19(11-12-21-17)13-15-7-3-1-4-8-15;13-11-9-14-7-6-12(11)8-10-4-2-1-3-5-10/h3*1-10,16-17,20H,11-13H2;2*1-10,17-18,20H,11-14H2;1-5H,6-9H2/t16-,17+;16-,17-;;17-,18+;17-,18-;/m01.00./s1. The Morgan fingerprint density at radius 2 is 0.459 bits per heavy atom. The van der Waals surface area contributed by atoms with Gasteiger partial charge in [-0.3, -0.25) is 29.0 Å². The number of ether oxygens (including phenoxy) is 6. The van der Waals surface area contributed by atoms with E-state index in [1.54, 1.807) is 51.1 Å². The molecule has 5 N–H and O–H groups in total. The van der Waals surface area contributed by atoms with E-state index in [-0.39, 0.29) is 42.4 Å². The van der Waals surface area contributed by atoms with E-state index >= 15 is 0 Å². The van der Waals surface area contributed by atoms with E-state index in [1.807, 2.05) is 254 Å². The van der Waals surface area contributed by atoms with Crippen LogP contribution in [0.5, 0.6) is 0 Å². The number of nitrogens with zero attached hydrogens (tertiary/aromatic N) is 6. The molecule has 6 saturated heterocycles. The second-order valence-electron chi connectivity index (χ2n) is 30.5. The summed E-state index contributed by atoms with van der Waals surface area (Å²) in [7, 11) is 0. The van der Waals surface area contributed by atoms with Gasteiger partial charge in [0, 0.05) is 91.6 Å². The predicted octanol–water partition coefficient (Wildman–Crippen LogP) is 12.7. The molecule has 17 rings (SSSR count). The molecule has 10 atom stereocenters. The van der Waals surface area contributed by atoms with E-state index in [0.29, 0.717) is 109 Å². The van der Waals surface area contributed by atoms with Crippen molar-refractivity contribution in [3.63, 3.8) is 0 Å². The van der Waals surface area contributed by atoms with E-state index in [2.05, 4.69) is 58.3 Å². The van der Waals surface area contributed by atoms with Crippen LogP contribution in [0.25, 0.3) is 0 Å². The zero-order valence-electron chi connectivity index (χ0n) is 68.9. The smallest absolute Gasteiger partial charge is 0.255 e. The summed E-state index contributed by atoms with van der Waals surface area (Å²) in [5.74, 6) is -0.399. The lowest BCUT2D eigenvalue weighted by atomic mass is 10.0. The van der Waals surface area contributed by atoms with Gasteiger partial charge in [0.15, 0.2) is 18.3 Å². The van der Waals surface area contributed by atoms with E-state index in [0.717, 1.165) is 67.1 Å². The van der Waals surface area contributed by atoms with Crippen molar-refractivity contribution in [2.75, 3.05) is 98.6 Å². The van der Waals surface area contributed by atoms with E-state index < -0.39 is 48.8 Å². The van der Waals surface area contributed by atoms with Gasteiger partial charge < -0.3 is 73.6 Å². The zero-order chi connectivity index (χ0) is 84.9. The first-order valence-electron chi connectivity index (χ1n) is 41.9. The Balaban J connectivity index is 0.000000134. The van der Waals surface area contributed by atoms with Crippen molar-refractivity contribution in [3.05, 3.63) is 395 Å². The van der Waals surface area contributed by atoms with Crippen LogP contribution >= 0.6 is 0 Å². The molecule has 6 fully saturated rings. The fraction of sp³-hybridized carbons (Fsp3) is 0.307. The van der Waals surface area contributed by atoms with Crippen LogP contribution in [0.4, 0.5) is 0 Å². The summed E-state index contributed by atoms with van der Waals surface area (Å²) in [6, 6.07) is 107. The van der Waals surface area contributed by atoms with E-state index in [4.69, 9.17) is 28.4 Å². The molecule has 0 radical (unpaired) electrons. The third kappa shape index (κ3) is 27.6. The number of hydrogen-bond donors (Lipinski definition) is 5. The normalized spacial score (nSPS) is 20.0. The molecule has 21 nitrogen and oxygen atoms in total. The van der Waals surface area contributed by atoms with Gasteiger partial charge in [-0.1, -0.05) is 334 Å². The summed E-state index contributed by atoms with van der Waals surface area (Å²) in [5.41, 5.74) is 10.9. The summed E-state index contributed by atoms with van der Waals surface area (Å²) < 4.78 is 33.2. The van der Waals surface area contributed by atoms with Crippen molar-refractivity contribution >= 4 is 23.6 Å². The topological polar surface area (TPSA) is 244 Å². The van der Waals surface area contributed by atoms with Gasteiger partial charge in [-0.2, -0.15) is 0 Å². The van der Waals surface area contributed by atoms with Crippen molar-refractivity contribution in [2.24, 2.45) is 0 Å². The lowest BCUT2D eigenvalue weighted by molar-refractivity contribution is -0.164. The maximum atomic E-state index is 12.6. The molecule has 2 unspecified atom stereocenters. The summed E-state index contributed by atoms with van der Waals surface area (Å²) in [6.07, 6.45) is -6.77. The molecule has 6 heterocycles. The van der Waals surface area contributed by atoms with Crippen LogP contribution in [0.2, 0.25) is 0 Å². The number of benzene rings is 11. The average Bonchev–Trinajstić information content (AvgIpc) is 0.821. The Morgan fingerprint density at radius 1 is 0.246 bits per heavy atom. The van der Waals surface area contributed by atoms with Gasteiger partial charge in [0.05, 0.1) is 39.6 Å². The highest BCUT2D eigenvalue weighted by atomic mass is 16.5. The Bertz CT molecular complexity index is 4440. The molecule has 6 aliphatic heterocycles. The molecule has 6 aliphatic rings. The molecule has 4 amide bonds. The van der Waals surface area contributed by atoms with Crippen LogP contribution in [-0.2, 0) is 86.9 Å². The lowest BCUT2D eigenvalue weighted by Crippen LogP contribution is -2.49. The van der Waals surface area contributed by atoms with Crippen LogP contribution < -0.4 is 0 Å². The zero-order valence-corrected chi connectivity index (χ0v) is 68.9. The molecule has 0 bridgehead atoms. The van der Waals surface area contributed by atoms with Gasteiger partial charge in [0.2, 0.25) is 5.91 Å². The highest BCUT2D eigenvalue weighted by molar-refractivity contribution is 5.84. The average molecular weight is 1650 g/mol. The monoisotopic (exact) mass is 1650 g/mol. The van der Waals surface area contributed by atoms with Crippen molar-refractivity contribution in [2.45, 2.75) is 100 Å². The molecule has 0 saturated carbocycles. The van der Waals surface area contributed by atoms with Crippen LogP contribution in [0, 0.1) is 0 Å². The Kier molecular flexibility index (Phi) is 35.7. The van der Waals surface area contributed by atoms with Gasteiger partial charge in [-0.25, -0.2) is 0 Å². The van der Waals surface area contributed by atoms with Crippen molar-refractivity contribution < 1.29 is 73.1 Å². The number of carbonyl (C=O) groups is 4. The molecular formula is C101H112N6O15. The van der Waals surface area contributed by atoms with Gasteiger partial charge in [0.1, 0.15) is 49.3 Å². The number of amides is 4. The quantitative estimate of drug-likeness (QED) is 0.0423. The number of morpholine rings is 6. The van der Waals surface area contributed by atoms with Gasteiger partial charge >= 0.3 is 0 Å². The maximum Gasteiger partial charge on any atom is 0.255 e. The predicted molar refractivity (Wildman–Crippen MR) is 467 cm³/mol. The Hall–Kier alpha value is -11.2. The number of rotatable bonds is 22. The second kappa shape index (κ2) is 48.4. The SMILES string of the molecule is O=C1C(C(O)c2ccccc2)OCCN1Cc1ccccc1.O=C1COCCN1Cc1ccccc1.O=C1[C@@H]([C@@H](O)c2ccccc2)OCCN1Cc1ccccc1.O=C1[C@@H]([C@H](O)c2ccccc2)OCCN1Cc1ccccc1.O[C@@H](c1ccccc1)[C@@H]1CN(Cc2ccccc2)CCO1.O[C@H](c1ccccc1)[C@@H]1CN(Cc2ccccc2)CCO1. The molecule has 11 aromatic carbocycles. The van der Waals surface area contributed by atoms with Gasteiger partial charge in [-0.15, -0.1) is 0 Å². The van der Waals surface area contributed by atoms with Crippen LogP contribution in [0.3, 0.4) is 0 Å². The first-order chi connectivity index (χ1) is 59.8. The highest BCUT2D eigenvalue weighted by Gasteiger charge is 2.39. The number of carbonyl (C=O) groups excluding carboxylic acids is 4. The molecule has 0 aromatic heterocycles. The second-order valence-corrected chi connectivity index (χ2v) is 30.5. The largest absolute Gasteiger partial charge is 0.386 e. The molecular weight excluding hydrogens is 1540 g/mol. The molecule has 11 aromatic rings. The van der Waals surface area contributed by atoms with Crippen molar-refractivity contribution in [1.29, 1.82) is 0 Å². The summed E-state index contributed by atoms with van der Waals surface area (Å²) in [4.78, 5) is 60.9. The summed E-state index contributed by atoms with van der Waals surface area (Å²) in [6.45, 7) is 13.3. The summed E-state index contributed by atoms with van der Waals surface area (Å²) >= 11 is 0. The van der Waals surface area contributed by atoms with Crippen LogP contribution in [0.1, 0.15) is 91.7 Å². The third-order valence-electron chi connectivity index (χ3n) is 21.7. The highest BCUT2D eigenvalue weighted by Crippen LogP contribution is 2.30. The van der Waals surface area contributed by atoms with Crippen LogP contribution in [-0.4, -0.2) is 208 Å². The maximum absolute atomic E-state index is 12.6. The Morgan fingerprint density at radius 3 is 0.713 bits per heavy atom. The Labute approximate surface area is 716 Å². The molecule has 122 heavy (non-hydrogen) atoms. The lowest BCUT2D eigenvalue weighted by Gasteiger charge is -2.35. The summed E-state index contributed by atoms with van der Waals surface area (Å²) in [5, 5.41) is 52.2. The van der Waals surface area contributed by atoms with E-state index in [1.165, 1.54) is 16.7 Å². The van der Waals surface area contributed by atoms with E-state index in [9.17, 15) is 44.7 Å². The van der Waals surface area contributed by atoms with Gasteiger partial charge in [-0.05, 0) is 61.2 Å². The minimum atomic E-state index is -0.938. The first-order valence-corrected chi connectivity index (χ1v) is 41.9. The third-order valence-corrected chi connectivity index (χ3v) is 21.7. The first kappa shape index (κ1) is 90.0. The fourth-order valence-electron chi connectivity index (χ4n) is 15.1. The van der Waals surface area contributed by atoms with Crippen molar-refractivity contribution in [1.82, 2.24) is 29.4 Å². The molecule has 0 spiro atoms.